The molecular weight excluding hydrogens is 452 g/mol. The third-order valence-electron chi connectivity index (χ3n) is 4.77. The van der Waals surface area contributed by atoms with Crippen LogP contribution in [-0.2, 0) is 4.74 Å². The first kappa shape index (κ1) is 21.7. The first-order chi connectivity index (χ1) is 15.4. The van der Waals surface area contributed by atoms with E-state index in [1.54, 1.807) is 36.7 Å². The molecule has 3 heterocycles. The van der Waals surface area contributed by atoms with Crippen molar-refractivity contribution >= 4 is 46.3 Å². The Morgan fingerprint density at radius 1 is 1.25 bits per heavy atom. The molecule has 3 aromatic heterocycles. The van der Waals surface area contributed by atoms with Crippen LogP contribution in [0.15, 0.2) is 54.9 Å². The number of imidazole rings is 1. The maximum atomic E-state index is 12.1. The highest BCUT2D eigenvalue weighted by Crippen LogP contribution is 2.39. The molecule has 0 aliphatic carbocycles. The van der Waals surface area contributed by atoms with Gasteiger partial charge >= 0.3 is 6.09 Å². The number of nitrogens with two attached hydrogens (primary N) is 1. The summed E-state index contributed by atoms with van der Waals surface area (Å²) < 4.78 is 12.5. The number of carbonyl (C=O) groups excluding carboxylic acids is 2. The molecule has 0 bridgehead atoms. The summed E-state index contributed by atoms with van der Waals surface area (Å²) in [4.78, 5) is 29.0. The third-order valence-corrected chi connectivity index (χ3v) is 6.26. The predicted octanol–water partition coefficient (Wildman–Crippen LogP) is 5.13. The lowest BCUT2D eigenvalue weighted by molar-refractivity contribution is 0.0998. The molecule has 0 saturated carbocycles. The Labute approximate surface area is 192 Å². The number of aromatic nitrogens is 2. The van der Waals surface area contributed by atoms with Crippen LogP contribution in [0.5, 0.6) is 5.75 Å². The van der Waals surface area contributed by atoms with E-state index in [1.165, 1.54) is 18.4 Å². The van der Waals surface area contributed by atoms with Gasteiger partial charge in [-0.05, 0) is 19.1 Å². The third kappa shape index (κ3) is 4.25. The van der Waals surface area contributed by atoms with E-state index in [1.807, 2.05) is 29.5 Å². The first-order valence-corrected chi connectivity index (χ1v) is 10.7. The van der Waals surface area contributed by atoms with Gasteiger partial charge in [-0.15, -0.1) is 11.3 Å². The first-order valence-electron chi connectivity index (χ1n) is 9.54. The fourth-order valence-corrected chi connectivity index (χ4v) is 4.47. The number of amides is 2. The summed E-state index contributed by atoms with van der Waals surface area (Å²) >= 11 is 7.50. The van der Waals surface area contributed by atoms with Crippen LogP contribution in [0.1, 0.15) is 28.3 Å². The number of nitrogens with one attached hydrogen (secondary N) is 1. The van der Waals surface area contributed by atoms with E-state index in [-0.39, 0.29) is 0 Å². The summed E-state index contributed by atoms with van der Waals surface area (Å²) in [7, 11) is 1.29. The number of halogens is 1. The number of methoxy groups -OCH3 is 1. The van der Waals surface area contributed by atoms with Crippen molar-refractivity contribution in [1.82, 2.24) is 9.38 Å². The second-order valence-corrected chi connectivity index (χ2v) is 8.31. The van der Waals surface area contributed by atoms with Crippen LogP contribution in [-0.4, -0.2) is 28.5 Å². The monoisotopic (exact) mass is 470 g/mol. The summed E-state index contributed by atoms with van der Waals surface area (Å²) in [5, 5.41) is 3.18. The number of rotatable bonds is 6. The zero-order valence-electron chi connectivity index (χ0n) is 17.2. The summed E-state index contributed by atoms with van der Waals surface area (Å²) in [6.45, 7) is 1.85. The van der Waals surface area contributed by atoms with Crippen molar-refractivity contribution in [3.8, 4) is 16.3 Å². The molecule has 0 fully saturated rings. The van der Waals surface area contributed by atoms with Crippen LogP contribution >= 0.6 is 22.9 Å². The number of anilines is 1. The Morgan fingerprint density at radius 2 is 2.03 bits per heavy atom. The van der Waals surface area contributed by atoms with Gasteiger partial charge in [-0.25, -0.2) is 9.78 Å². The maximum absolute atomic E-state index is 12.1. The van der Waals surface area contributed by atoms with Gasteiger partial charge in [-0.2, -0.15) is 0 Å². The molecule has 3 N–H and O–H groups in total. The van der Waals surface area contributed by atoms with Crippen molar-refractivity contribution in [3.63, 3.8) is 0 Å². The number of nitrogens with zero attached hydrogens (tertiary/aromatic N) is 2. The molecule has 0 aliphatic heterocycles. The number of pyridine rings is 1. The molecule has 1 aromatic carbocycles. The van der Waals surface area contributed by atoms with E-state index in [4.69, 9.17) is 22.1 Å². The lowest BCUT2D eigenvalue weighted by Gasteiger charge is -2.16. The molecule has 0 aliphatic rings. The molecular formula is C22H19ClN4O4S. The lowest BCUT2D eigenvalue weighted by Crippen LogP contribution is -2.12. The van der Waals surface area contributed by atoms with Crippen LogP contribution in [0, 0.1) is 0 Å². The van der Waals surface area contributed by atoms with Gasteiger partial charge in [0.25, 0.3) is 5.91 Å². The molecule has 2 amide bonds. The fraction of sp³-hybridized carbons (Fsp3) is 0.136. The molecule has 0 saturated heterocycles. The second-order valence-electron chi connectivity index (χ2n) is 6.85. The minimum absolute atomic E-state index is 0.304. The number of hydrogen-bond donors (Lipinski definition) is 2. The van der Waals surface area contributed by atoms with E-state index in [2.05, 4.69) is 15.0 Å². The van der Waals surface area contributed by atoms with E-state index in [0.717, 1.165) is 16.1 Å². The van der Waals surface area contributed by atoms with Gasteiger partial charge in [0.15, 0.2) is 0 Å². The number of hydrogen-bond acceptors (Lipinski definition) is 6. The van der Waals surface area contributed by atoms with Gasteiger partial charge in [0, 0.05) is 34.6 Å². The highest BCUT2D eigenvalue weighted by molar-refractivity contribution is 7.17. The van der Waals surface area contributed by atoms with Gasteiger partial charge in [-0.1, -0.05) is 29.8 Å². The Kier molecular flexibility index (Phi) is 6.02. The molecule has 10 heteroatoms. The molecule has 4 rings (SSSR count). The van der Waals surface area contributed by atoms with Gasteiger partial charge in [0.1, 0.15) is 22.4 Å². The number of primary amides is 1. The number of fused-ring (bicyclic) bond motifs is 1. The van der Waals surface area contributed by atoms with E-state index < -0.39 is 18.1 Å². The van der Waals surface area contributed by atoms with Crippen LogP contribution < -0.4 is 15.8 Å². The van der Waals surface area contributed by atoms with Gasteiger partial charge < -0.3 is 15.2 Å². The normalized spacial score (nSPS) is 11.8. The highest BCUT2D eigenvalue weighted by Gasteiger charge is 2.21. The molecule has 32 heavy (non-hydrogen) atoms. The summed E-state index contributed by atoms with van der Waals surface area (Å²) in [6.07, 6.45) is 2.48. The largest absolute Gasteiger partial charge is 0.484 e. The minimum atomic E-state index is -0.582. The van der Waals surface area contributed by atoms with Crippen molar-refractivity contribution < 1.29 is 19.1 Å². The van der Waals surface area contributed by atoms with Gasteiger partial charge in [0.05, 0.1) is 23.9 Å². The quantitative estimate of drug-likeness (QED) is 0.406. The predicted molar refractivity (Wildman–Crippen MR) is 124 cm³/mol. The average molecular weight is 471 g/mol. The van der Waals surface area contributed by atoms with Crippen LogP contribution in [0.3, 0.4) is 0 Å². The summed E-state index contributed by atoms with van der Waals surface area (Å²) in [5.41, 5.74) is 8.31. The maximum Gasteiger partial charge on any atom is 0.411 e. The van der Waals surface area contributed by atoms with E-state index in [9.17, 15) is 9.59 Å². The van der Waals surface area contributed by atoms with Crippen molar-refractivity contribution in [1.29, 1.82) is 0 Å². The zero-order valence-corrected chi connectivity index (χ0v) is 18.7. The number of carbonyl (C=O) groups is 2. The average Bonchev–Trinajstić information content (AvgIpc) is 3.37. The molecule has 8 nitrogen and oxygen atoms in total. The number of thiophene rings is 1. The lowest BCUT2D eigenvalue weighted by atomic mass is 10.1. The molecule has 164 valence electrons. The Bertz CT molecular complexity index is 1320. The number of ether oxygens (including phenoxy) is 2. The molecule has 0 spiro atoms. The summed E-state index contributed by atoms with van der Waals surface area (Å²) in [5.74, 6) is -0.204. The van der Waals surface area contributed by atoms with Crippen LogP contribution in [0.4, 0.5) is 10.5 Å². The Hall–Kier alpha value is -3.56. The van der Waals surface area contributed by atoms with E-state index in [0.29, 0.717) is 27.0 Å². The van der Waals surface area contributed by atoms with E-state index >= 15 is 0 Å². The topological polar surface area (TPSA) is 108 Å². The van der Waals surface area contributed by atoms with Crippen molar-refractivity contribution in [3.05, 3.63) is 70.3 Å². The van der Waals surface area contributed by atoms with Crippen molar-refractivity contribution in [2.75, 3.05) is 12.4 Å². The Morgan fingerprint density at radius 3 is 2.75 bits per heavy atom. The van der Waals surface area contributed by atoms with Crippen LogP contribution in [0.25, 0.3) is 16.2 Å². The molecule has 1 atom stereocenters. The van der Waals surface area contributed by atoms with Gasteiger partial charge in [0.2, 0.25) is 0 Å². The van der Waals surface area contributed by atoms with Gasteiger partial charge in [-0.3, -0.25) is 14.5 Å². The minimum Gasteiger partial charge on any atom is -0.484 e. The fourth-order valence-electron chi connectivity index (χ4n) is 3.23. The second kappa shape index (κ2) is 8.89. The standard InChI is InChI=1S/C22H19ClN4O4S/c1-12(14-5-3-4-6-15(14)23)31-17-10-18(32-20(17)21(24)28)16-11-25-19-9-13(7-8-27(16)19)26-22(29)30-2/h3-12H,1-2H3,(H2,24,28)(H,26,29). The molecule has 4 aromatic rings. The number of benzene rings is 1. The molecule has 0 radical (unpaired) electrons. The molecule has 1 unspecified atom stereocenters. The summed E-state index contributed by atoms with van der Waals surface area (Å²) in [6, 6.07) is 12.6. The highest BCUT2D eigenvalue weighted by atomic mass is 35.5. The SMILES string of the molecule is COC(=O)Nc1ccn2c(-c3cc(OC(C)c4ccccc4Cl)c(C(N)=O)s3)cnc2c1. The Balaban J connectivity index is 1.67. The smallest absolute Gasteiger partial charge is 0.411 e. The zero-order chi connectivity index (χ0) is 22.8. The van der Waals surface area contributed by atoms with Crippen LogP contribution in [0.2, 0.25) is 5.02 Å². The van der Waals surface area contributed by atoms with Crippen molar-refractivity contribution in [2.24, 2.45) is 5.73 Å². The van der Waals surface area contributed by atoms with Crippen molar-refractivity contribution in [2.45, 2.75) is 13.0 Å².